The molecule has 0 spiro atoms. The van der Waals surface area contributed by atoms with Gasteiger partial charge in [-0.25, -0.2) is 8.42 Å². The number of quaternary nitrogens is 1. The van der Waals surface area contributed by atoms with Crippen LogP contribution in [-0.4, -0.2) is 38.6 Å². The fraction of sp³-hybridized carbons (Fsp3) is 0.286. The average molecular weight is 297 g/mol. The highest BCUT2D eigenvalue weighted by atomic mass is 32.2. The Hall–Kier alpha value is -1.63. The summed E-state index contributed by atoms with van der Waals surface area (Å²) in [7, 11) is 2.17. The van der Waals surface area contributed by atoms with Gasteiger partial charge in [0.1, 0.15) is 16.7 Å². The van der Waals surface area contributed by atoms with E-state index in [1.807, 2.05) is 12.1 Å². The summed E-state index contributed by atoms with van der Waals surface area (Å²) in [5, 5.41) is 0. The smallest absolute Gasteiger partial charge is 0.158 e. The van der Waals surface area contributed by atoms with E-state index in [9.17, 15) is 13.0 Å². The van der Waals surface area contributed by atoms with Gasteiger partial charge in [-0.15, -0.1) is 0 Å². The molecule has 2 aromatic rings. The molecule has 0 unspecified atom stereocenters. The standard InChI is InChI=1S/C8H14NO.C6H6O3S/c1-9(2,3)7-8-5-4-6-10-8;7-10(8,9)6-4-2-1-3-5-6/h4-6H,7H2,1-3H3;1-5H,(H,7,8,9)/q+1;/p-1. The summed E-state index contributed by atoms with van der Waals surface area (Å²) in [5.74, 6) is 1.05. The van der Waals surface area contributed by atoms with Gasteiger partial charge in [-0.05, 0) is 24.3 Å². The summed E-state index contributed by atoms with van der Waals surface area (Å²) in [6.07, 6.45) is 1.71. The maximum atomic E-state index is 10.3. The van der Waals surface area contributed by atoms with Crippen molar-refractivity contribution < 1.29 is 21.9 Å². The maximum Gasteiger partial charge on any atom is 0.158 e. The Balaban J connectivity index is 0.000000200. The van der Waals surface area contributed by atoms with E-state index in [1.165, 1.54) is 24.3 Å². The van der Waals surface area contributed by atoms with Gasteiger partial charge in [0.25, 0.3) is 0 Å². The second-order valence-corrected chi connectivity index (χ2v) is 6.67. The molecule has 0 fully saturated rings. The summed E-state index contributed by atoms with van der Waals surface area (Å²) in [6.45, 7) is 0.951. The fourth-order valence-corrected chi connectivity index (χ4v) is 1.95. The normalized spacial score (nSPS) is 11.6. The van der Waals surface area contributed by atoms with E-state index in [1.54, 1.807) is 12.3 Å². The molecule has 0 radical (unpaired) electrons. The minimum absolute atomic E-state index is 0.185. The molecule has 1 heterocycles. The van der Waals surface area contributed by atoms with Crippen LogP contribution in [0.3, 0.4) is 0 Å². The van der Waals surface area contributed by atoms with Gasteiger partial charge in [0.15, 0.2) is 5.76 Å². The molecule has 0 saturated carbocycles. The average Bonchev–Trinajstić information content (AvgIpc) is 2.80. The number of hydrogen-bond donors (Lipinski definition) is 0. The van der Waals surface area contributed by atoms with Crippen LogP contribution in [0.1, 0.15) is 5.76 Å². The van der Waals surface area contributed by atoms with Crippen molar-refractivity contribution in [3.63, 3.8) is 0 Å². The predicted octanol–water partition coefficient (Wildman–Crippen LogP) is 2.08. The minimum atomic E-state index is -4.25. The zero-order valence-electron chi connectivity index (χ0n) is 11.8. The lowest BCUT2D eigenvalue weighted by Crippen LogP contribution is -2.33. The highest BCUT2D eigenvalue weighted by molar-refractivity contribution is 7.85. The van der Waals surface area contributed by atoms with Gasteiger partial charge < -0.3 is 13.5 Å². The molecule has 0 bridgehead atoms. The number of hydrogen-bond acceptors (Lipinski definition) is 4. The molecule has 5 nitrogen and oxygen atoms in total. The molecule has 0 N–H and O–H groups in total. The van der Waals surface area contributed by atoms with Crippen LogP contribution >= 0.6 is 0 Å². The van der Waals surface area contributed by atoms with Gasteiger partial charge in [0.2, 0.25) is 0 Å². The molecule has 20 heavy (non-hydrogen) atoms. The first-order valence-electron chi connectivity index (χ1n) is 6.02. The lowest BCUT2D eigenvalue weighted by molar-refractivity contribution is -0.884. The van der Waals surface area contributed by atoms with Crippen LogP contribution in [0.4, 0.5) is 0 Å². The van der Waals surface area contributed by atoms with Gasteiger partial charge in [0, 0.05) is 0 Å². The Morgan fingerprint density at radius 1 is 1.05 bits per heavy atom. The summed E-state index contributed by atoms with van der Waals surface area (Å²) in [4.78, 5) is -0.185. The Bertz CT molecular complexity index is 598. The molecule has 0 aliphatic rings. The monoisotopic (exact) mass is 297 g/mol. The lowest BCUT2D eigenvalue weighted by atomic mass is 10.4. The quantitative estimate of drug-likeness (QED) is 0.642. The highest BCUT2D eigenvalue weighted by Crippen LogP contribution is 2.06. The fourth-order valence-electron chi connectivity index (χ4n) is 1.46. The van der Waals surface area contributed by atoms with Gasteiger partial charge in [-0.2, -0.15) is 0 Å². The van der Waals surface area contributed by atoms with E-state index in [4.69, 9.17) is 4.42 Å². The van der Waals surface area contributed by atoms with E-state index >= 15 is 0 Å². The van der Waals surface area contributed by atoms with Crippen LogP contribution in [0, 0.1) is 0 Å². The first-order chi connectivity index (χ1) is 9.18. The van der Waals surface area contributed by atoms with Gasteiger partial charge in [0.05, 0.1) is 32.3 Å². The number of benzene rings is 1. The van der Waals surface area contributed by atoms with Crippen molar-refractivity contribution in [3.05, 3.63) is 54.5 Å². The van der Waals surface area contributed by atoms with Crippen molar-refractivity contribution in [2.45, 2.75) is 11.4 Å². The molecule has 6 heteroatoms. The number of nitrogens with zero attached hydrogens (tertiary/aromatic N) is 1. The largest absolute Gasteiger partial charge is 0.744 e. The molecular weight excluding hydrogens is 278 g/mol. The van der Waals surface area contributed by atoms with E-state index in [2.05, 4.69) is 21.1 Å². The van der Waals surface area contributed by atoms with Crippen molar-refractivity contribution in [2.75, 3.05) is 21.1 Å². The summed E-state index contributed by atoms with van der Waals surface area (Å²) in [5.41, 5.74) is 0. The predicted molar refractivity (Wildman–Crippen MR) is 74.8 cm³/mol. The molecular formula is C14H19NO4S. The second-order valence-electron chi connectivity index (χ2n) is 5.29. The van der Waals surface area contributed by atoms with E-state index in [0.29, 0.717) is 0 Å². The minimum Gasteiger partial charge on any atom is -0.744 e. The topological polar surface area (TPSA) is 70.3 Å². The zero-order valence-corrected chi connectivity index (χ0v) is 12.6. The van der Waals surface area contributed by atoms with Crippen LogP contribution in [0.2, 0.25) is 0 Å². The van der Waals surface area contributed by atoms with Crippen molar-refractivity contribution in [1.29, 1.82) is 0 Å². The Kier molecular flexibility index (Phi) is 5.50. The molecule has 1 aromatic heterocycles. The van der Waals surface area contributed by atoms with Crippen LogP contribution < -0.4 is 0 Å². The molecule has 1 aromatic carbocycles. The summed E-state index contributed by atoms with van der Waals surface area (Å²) in [6, 6.07) is 11.1. The van der Waals surface area contributed by atoms with Crippen molar-refractivity contribution in [2.24, 2.45) is 0 Å². The third-order valence-electron chi connectivity index (χ3n) is 2.24. The lowest BCUT2D eigenvalue weighted by Gasteiger charge is -2.21. The van der Waals surface area contributed by atoms with Crippen LogP contribution in [0.5, 0.6) is 0 Å². The third-order valence-corrected chi connectivity index (χ3v) is 3.09. The third kappa shape index (κ3) is 6.51. The molecule has 0 saturated heterocycles. The summed E-state index contributed by atoms with van der Waals surface area (Å²) < 4.78 is 36.9. The Labute approximate surface area is 119 Å². The molecule has 0 aliphatic carbocycles. The van der Waals surface area contributed by atoms with E-state index in [0.717, 1.165) is 16.8 Å². The van der Waals surface area contributed by atoms with Crippen LogP contribution in [0.15, 0.2) is 58.0 Å². The van der Waals surface area contributed by atoms with Gasteiger partial charge in [-0.3, -0.25) is 0 Å². The molecule has 0 amide bonds. The Morgan fingerprint density at radius 3 is 2.00 bits per heavy atom. The summed E-state index contributed by atoms with van der Waals surface area (Å²) >= 11 is 0. The van der Waals surface area contributed by atoms with Crippen LogP contribution in [-0.2, 0) is 16.7 Å². The maximum absolute atomic E-state index is 10.3. The number of rotatable bonds is 3. The van der Waals surface area contributed by atoms with E-state index < -0.39 is 10.1 Å². The zero-order chi connectivity index (χ0) is 15.2. The first kappa shape index (κ1) is 16.4. The second kappa shape index (κ2) is 6.69. The van der Waals surface area contributed by atoms with Crippen molar-refractivity contribution in [1.82, 2.24) is 0 Å². The van der Waals surface area contributed by atoms with Gasteiger partial charge in [-0.1, -0.05) is 18.2 Å². The van der Waals surface area contributed by atoms with E-state index in [-0.39, 0.29) is 4.90 Å². The highest BCUT2D eigenvalue weighted by Gasteiger charge is 2.09. The van der Waals surface area contributed by atoms with Crippen molar-refractivity contribution in [3.8, 4) is 0 Å². The van der Waals surface area contributed by atoms with Crippen molar-refractivity contribution >= 4 is 10.1 Å². The molecule has 110 valence electrons. The van der Waals surface area contributed by atoms with Gasteiger partial charge >= 0.3 is 0 Å². The molecule has 0 aliphatic heterocycles. The molecule has 0 atom stereocenters. The first-order valence-corrected chi connectivity index (χ1v) is 7.43. The number of furan rings is 1. The van der Waals surface area contributed by atoms with Crippen LogP contribution in [0.25, 0.3) is 0 Å². The Morgan fingerprint density at radius 2 is 1.65 bits per heavy atom. The molecule has 2 rings (SSSR count). The SMILES string of the molecule is C[N+](C)(C)Cc1ccco1.O=S(=O)([O-])c1ccccc1.